The third-order valence-electron chi connectivity index (χ3n) is 4.52. The van der Waals surface area contributed by atoms with Crippen LogP contribution in [0.15, 0.2) is 53.3 Å². The number of carbonyl (C=O) groups is 1. The Morgan fingerprint density at radius 3 is 2.62 bits per heavy atom. The lowest BCUT2D eigenvalue weighted by molar-refractivity contribution is 0.102. The normalized spacial score (nSPS) is 11.0. The summed E-state index contributed by atoms with van der Waals surface area (Å²) in [5.74, 6) is 0.195. The molecule has 146 valence electrons. The Bertz CT molecular complexity index is 1260. The molecule has 9 heteroatoms. The molecule has 4 rings (SSSR count). The van der Waals surface area contributed by atoms with Crippen LogP contribution in [0.2, 0.25) is 0 Å². The Kier molecular flexibility index (Phi) is 4.86. The Labute approximate surface area is 166 Å². The first kappa shape index (κ1) is 18.5. The van der Waals surface area contributed by atoms with Gasteiger partial charge in [0.25, 0.3) is 11.5 Å². The van der Waals surface area contributed by atoms with Crippen LogP contribution >= 0.6 is 0 Å². The highest BCUT2D eigenvalue weighted by Crippen LogP contribution is 2.21. The van der Waals surface area contributed by atoms with E-state index in [1.165, 1.54) is 4.68 Å². The topological polar surface area (TPSA) is 108 Å². The molecule has 2 aromatic carbocycles. The monoisotopic (exact) mass is 389 g/mol. The molecule has 0 spiro atoms. The SMILES string of the molecule is CCCn1nc(C(=O)Nc2cccc(-c3nnnn3C)c2)c2ccccc2c1=O. The highest BCUT2D eigenvalue weighted by atomic mass is 16.2. The maximum atomic E-state index is 13.0. The first-order valence-electron chi connectivity index (χ1n) is 9.22. The van der Waals surface area contributed by atoms with Crippen molar-refractivity contribution < 1.29 is 4.79 Å². The second-order valence-electron chi connectivity index (χ2n) is 6.58. The lowest BCUT2D eigenvalue weighted by Gasteiger charge is -2.11. The summed E-state index contributed by atoms with van der Waals surface area (Å²) < 4.78 is 2.90. The second kappa shape index (κ2) is 7.63. The number of carbonyl (C=O) groups excluding carboxylic acids is 1. The van der Waals surface area contributed by atoms with Gasteiger partial charge in [-0.25, -0.2) is 9.36 Å². The van der Waals surface area contributed by atoms with E-state index >= 15 is 0 Å². The van der Waals surface area contributed by atoms with Crippen LogP contribution < -0.4 is 10.9 Å². The van der Waals surface area contributed by atoms with E-state index in [2.05, 4.69) is 25.9 Å². The Balaban J connectivity index is 1.73. The number of hydrogen-bond donors (Lipinski definition) is 1. The second-order valence-corrected chi connectivity index (χ2v) is 6.58. The molecule has 0 aliphatic rings. The maximum Gasteiger partial charge on any atom is 0.276 e. The standard InChI is InChI=1S/C20H19N7O2/c1-3-11-27-20(29)16-10-5-4-9-15(16)17(23-27)19(28)21-14-8-6-7-13(12-14)18-22-24-25-26(18)2/h4-10,12H,3,11H2,1-2H3,(H,21,28). The van der Waals surface area contributed by atoms with Crippen LogP contribution in [0.1, 0.15) is 23.8 Å². The van der Waals surface area contributed by atoms with E-state index in [4.69, 9.17) is 0 Å². The van der Waals surface area contributed by atoms with Gasteiger partial charge in [-0.15, -0.1) is 5.10 Å². The van der Waals surface area contributed by atoms with Crippen molar-refractivity contribution in [3.8, 4) is 11.4 Å². The zero-order valence-corrected chi connectivity index (χ0v) is 16.0. The first-order chi connectivity index (χ1) is 14.1. The molecule has 0 saturated carbocycles. The average Bonchev–Trinajstić information content (AvgIpc) is 3.16. The van der Waals surface area contributed by atoms with Gasteiger partial charge in [0.05, 0.1) is 5.39 Å². The van der Waals surface area contributed by atoms with Gasteiger partial charge in [-0.05, 0) is 35.0 Å². The van der Waals surface area contributed by atoms with E-state index in [0.717, 1.165) is 12.0 Å². The van der Waals surface area contributed by atoms with E-state index in [-0.39, 0.29) is 17.2 Å². The molecular formula is C20H19N7O2. The fraction of sp³-hybridized carbons (Fsp3) is 0.200. The minimum Gasteiger partial charge on any atom is -0.321 e. The molecular weight excluding hydrogens is 370 g/mol. The van der Waals surface area contributed by atoms with E-state index in [0.29, 0.717) is 28.8 Å². The van der Waals surface area contributed by atoms with Crippen molar-refractivity contribution in [3.63, 3.8) is 0 Å². The Morgan fingerprint density at radius 2 is 1.90 bits per heavy atom. The van der Waals surface area contributed by atoms with Gasteiger partial charge in [-0.3, -0.25) is 9.59 Å². The lowest BCUT2D eigenvalue weighted by Crippen LogP contribution is -2.27. The minimum absolute atomic E-state index is 0.198. The van der Waals surface area contributed by atoms with Gasteiger partial charge in [0.2, 0.25) is 0 Å². The van der Waals surface area contributed by atoms with Crippen molar-refractivity contribution in [2.75, 3.05) is 5.32 Å². The van der Waals surface area contributed by atoms with Crippen LogP contribution in [0, 0.1) is 0 Å². The minimum atomic E-state index is -0.390. The maximum absolute atomic E-state index is 13.0. The van der Waals surface area contributed by atoms with Crippen LogP contribution in [-0.4, -0.2) is 35.9 Å². The van der Waals surface area contributed by atoms with Crippen LogP contribution in [0.3, 0.4) is 0 Å². The Morgan fingerprint density at radius 1 is 1.10 bits per heavy atom. The largest absolute Gasteiger partial charge is 0.321 e. The summed E-state index contributed by atoms with van der Waals surface area (Å²) in [5.41, 5.74) is 1.36. The first-order valence-corrected chi connectivity index (χ1v) is 9.22. The molecule has 0 aliphatic heterocycles. The van der Waals surface area contributed by atoms with Gasteiger partial charge < -0.3 is 5.32 Å². The third kappa shape index (κ3) is 3.49. The predicted molar refractivity (Wildman–Crippen MR) is 108 cm³/mol. The van der Waals surface area contributed by atoms with E-state index in [1.54, 1.807) is 48.1 Å². The summed E-state index contributed by atoms with van der Waals surface area (Å²) in [6, 6.07) is 14.2. The van der Waals surface area contributed by atoms with Gasteiger partial charge >= 0.3 is 0 Å². The average molecular weight is 389 g/mol. The Hall–Kier alpha value is -3.88. The van der Waals surface area contributed by atoms with Crippen molar-refractivity contribution in [2.45, 2.75) is 19.9 Å². The van der Waals surface area contributed by atoms with E-state index in [1.807, 2.05) is 19.1 Å². The fourth-order valence-electron chi connectivity index (χ4n) is 3.17. The van der Waals surface area contributed by atoms with Crippen molar-refractivity contribution >= 4 is 22.4 Å². The third-order valence-corrected chi connectivity index (χ3v) is 4.52. The quantitative estimate of drug-likeness (QED) is 0.561. The summed E-state index contributed by atoms with van der Waals surface area (Å²) in [4.78, 5) is 25.6. The molecule has 29 heavy (non-hydrogen) atoms. The van der Waals surface area contributed by atoms with E-state index in [9.17, 15) is 9.59 Å². The number of tetrazole rings is 1. The van der Waals surface area contributed by atoms with Gasteiger partial charge in [-0.2, -0.15) is 5.10 Å². The smallest absolute Gasteiger partial charge is 0.276 e. The molecule has 1 N–H and O–H groups in total. The number of hydrogen-bond acceptors (Lipinski definition) is 6. The summed E-state index contributed by atoms with van der Waals surface area (Å²) in [7, 11) is 1.74. The van der Waals surface area contributed by atoms with Gasteiger partial charge in [0.15, 0.2) is 11.5 Å². The fourth-order valence-corrected chi connectivity index (χ4v) is 3.17. The number of aryl methyl sites for hydroxylation is 2. The molecule has 0 aliphatic carbocycles. The predicted octanol–water partition coefficient (Wildman–Crippen LogP) is 2.25. The summed E-state index contributed by atoms with van der Waals surface area (Å²) in [6.07, 6.45) is 0.736. The number of nitrogens with zero attached hydrogens (tertiary/aromatic N) is 6. The number of fused-ring (bicyclic) bond motifs is 1. The summed E-state index contributed by atoms with van der Waals surface area (Å²) >= 11 is 0. The molecule has 0 atom stereocenters. The lowest BCUT2D eigenvalue weighted by atomic mass is 10.1. The number of amides is 1. The molecule has 2 heterocycles. The van der Waals surface area contributed by atoms with Crippen LogP contribution in [0.25, 0.3) is 22.2 Å². The van der Waals surface area contributed by atoms with Crippen molar-refractivity contribution in [1.29, 1.82) is 0 Å². The number of aromatic nitrogens is 6. The van der Waals surface area contributed by atoms with Gasteiger partial charge in [-0.1, -0.05) is 37.3 Å². The molecule has 0 radical (unpaired) electrons. The molecule has 0 saturated heterocycles. The molecule has 1 amide bonds. The van der Waals surface area contributed by atoms with Crippen LogP contribution in [0.4, 0.5) is 5.69 Å². The number of rotatable bonds is 5. The van der Waals surface area contributed by atoms with Crippen LogP contribution in [-0.2, 0) is 13.6 Å². The number of benzene rings is 2. The van der Waals surface area contributed by atoms with Crippen LogP contribution in [0.5, 0.6) is 0 Å². The molecule has 0 bridgehead atoms. The molecule has 9 nitrogen and oxygen atoms in total. The highest BCUT2D eigenvalue weighted by Gasteiger charge is 2.17. The van der Waals surface area contributed by atoms with Crippen molar-refractivity contribution in [2.24, 2.45) is 7.05 Å². The highest BCUT2D eigenvalue weighted by molar-refractivity contribution is 6.11. The van der Waals surface area contributed by atoms with Crippen molar-refractivity contribution in [3.05, 3.63) is 64.6 Å². The zero-order valence-electron chi connectivity index (χ0n) is 16.0. The van der Waals surface area contributed by atoms with Gasteiger partial charge in [0.1, 0.15) is 0 Å². The number of nitrogens with one attached hydrogen (secondary N) is 1. The molecule has 2 aromatic heterocycles. The molecule has 0 unspecified atom stereocenters. The molecule has 0 fully saturated rings. The summed E-state index contributed by atoms with van der Waals surface area (Å²) in [6.45, 7) is 2.40. The van der Waals surface area contributed by atoms with E-state index < -0.39 is 0 Å². The molecule has 4 aromatic rings. The summed E-state index contributed by atoms with van der Waals surface area (Å²) in [5, 5.41) is 19.6. The number of anilines is 1. The van der Waals surface area contributed by atoms with Crippen molar-refractivity contribution in [1.82, 2.24) is 30.0 Å². The zero-order chi connectivity index (χ0) is 20.4. The van der Waals surface area contributed by atoms with Gasteiger partial charge in [0, 0.05) is 30.2 Å².